The van der Waals surface area contributed by atoms with Crippen molar-refractivity contribution in [3.63, 3.8) is 0 Å². The van der Waals surface area contributed by atoms with Gasteiger partial charge in [0.25, 0.3) is 0 Å². The Hall–Kier alpha value is -1.79. The van der Waals surface area contributed by atoms with Crippen LogP contribution in [0.3, 0.4) is 0 Å². The Balaban J connectivity index is 1.67. The van der Waals surface area contributed by atoms with Gasteiger partial charge in [0, 0.05) is 13.7 Å². The molecule has 1 aliphatic carbocycles. The third kappa shape index (κ3) is 4.13. The fraction of sp³-hybridized carbons (Fsp3) is 0.682. The summed E-state index contributed by atoms with van der Waals surface area (Å²) >= 11 is 0. The maximum absolute atomic E-state index is 5.28. The van der Waals surface area contributed by atoms with Crippen LogP contribution in [-0.2, 0) is 11.3 Å². The summed E-state index contributed by atoms with van der Waals surface area (Å²) in [5.74, 6) is 0.939. The van der Waals surface area contributed by atoms with E-state index in [0.29, 0.717) is 18.6 Å². The molecule has 1 saturated carbocycles. The van der Waals surface area contributed by atoms with Crippen molar-refractivity contribution >= 4 is 0 Å². The Kier molecular flexibility index (Phi) is 6.07. The second-order valence-corrected chi connectivity index (χ2v) is 8.70. The number of likely N-dealkylation sites (tertiary alicyclic amines) is 1. The second-order valence-electron chi connectivity index (χ2n) is 8.70. The lowest BCUT2D eigenvalue weighted by molar-refractivity contribution is 0.0338. The van der Waals surface area contributed by atoms with Crippen LogP contribution in [0.2, 0.25) is 0 Å². The van der Waals surface area contributed by atoms with Gasteiger partial charge < -0.3 is 4.74 Å². The van der Waals surface area contributed by atoms with E-state index in [4.69, 9.17) is 4.74 Å². The van der Waals surface area contributed by atoms with Crippen molar-refractivity contribution < 1.29 is 4.74 Å². The van der Waals surface area contributed by atoms with Crippen LogP contribution < -0.4 is 0 Å². The van der Waals surface area contributed by atoms with E-state index in [9.17, 15) is 0 Å². The lowest BCUT2D eigenvalue weighted by atomic mass is 9.69. The first kappa shape index (κ1) is 19.5. The molecule has 4 rings (SSSR count). The molecule has 0 bridgehead atoms. The number of piperidine rings is 1. The van der Waals surface area contributed by atoms with Crippen LogP contribution in [0.5, 0.6) is 0 Å². The highest BCUT2D eigenvalue weighted by atomic mass is 16.5. The first-order valence-corrected chi connectivity index (χ1v) is 10.8. The summed E-state index contributed by atoms with van der Waals surface area (Å²) in [5, 5.41) is 12.8. The Morgan fingerprint density at radius 2 is 1.82 bits per heavy atom. The van der Waals surface area contributed by atoms with Crippen LogP contribution >= 0.6 is 0 Å². The first-order chi connectivity index (χ1) is 13.7. The molecule has 28 heavy (non-hydrogen) atoms. The predicted octanol–water partition coefficient (Wildman–Crippen LogP) is 3.76. The van der Waals surface area contributed by atoms with Crippen molar-refractivity contribution in [2.45, 2.75) is 64.5 Å². The van der Waals surface area contributed by atoms with Crippen LogP contribution in [-0.4, -0.2) is 51.9 Å². The van der Waals surface area contributed by atoms with Gasteiger partial charge in [0.2, 0.25) is 0 Å². The second kappa shape index (κ2) is 8.70. The molecule has 1 aromatic carbocycles. The molecule has 0 radical (unpaired) electrons. The number of ether oxygens (including phenoxy) is 1. The number of aromatic nitrogens is 4. The molecule has 2 fully saturated rings. The number of aryl methyl sites for hydroxylation is 1. The molecule has 2 heterocycles. The molecule has 6 heteroatoms. The summed E-state index contributed by atoms with van der Waals surface area (Å²) in [7, 11) is 1.72. The molecule has 6 nitrogen and oxygen atoms in total. The van der Waals surface area contributed by atoms with Crippen molar-refractivity contribution in [1.29, 1.82) is 0 Å². The molecule has 2 aliphatic rings. The van der Waals surface area contributed by atoms with Gasteiger partial charge in [0.1, 0.15) is 0 Å². The van der Waals surface area contributed by atoms with Gasteiger partial charge in [-0.05, 0) is 60.6 Å². The molecule has 1 atom stereocenters. The maximum atomic E-state index is 5.28. The van der Waals surface area contributed by atoms with Crippen LogP contribution in [0.1, 0.15) is 67.9 Å². The van der Waals surface area contributed by atoms with Crippen LogP contribution in [0.15, 0.2) is 24.3 Å². The molecule has 1 saturated heterocycles. The SMILES string of the molecule is COCCn1nnnc1[C@@H](c1ccc(C)cc1)N1CCCC2(CCCCC2)C1. The summed E-state index contributed by atoms with van der Waals surface area (Å²) < 4.78 is 7.20. The van der Waals surface area contributed by atoms with E-state index in [0.717, 1.165) is 18.9 Å². The van der Waals surface area contributed by atoms with Crippen LogP contribution in [0.25, 0.3) is 0 Å². The minimum absolute atomic E-state index is 0.103. The molecular weight excluding hydrogens is 350 g/mol. The monoisotopic (exact) mass is 383 g/mol. The zero-order valence-electron chi connectivity index (χ0n) is 17.3. The van der Waals surface area contributed by atoms with E-state index in [1.165, 1.54) is 56.1 Å². The number of methoxy groups -OCH3 is 1. The predicted molar refractivity (Wildman–Crippen MR) is 109 cm³/mol. The number of nitrogens with zero attached hydrogens (tertiary/aromatic N) is 5. The molecule has 0 N–H and O–H groups in total. The van der Waals surface area contributed by atoms with Crippen molar-refractivity contribution in [2.75, 3.05) is 26.8 Å². The topological polar surface area (TPSA) is 56.1 Å². The number of tetrazole rings is 1. The van der Waals surface area contributed by atoms with E-state index < -0.39 is 0 Å². The van der Waals surface area contributed by atoms with Crippen molar-refractivity contribution in [3.05, 3.63) is 41.2 Å². The normalized spacial score (nSPS) is 21.1. The van der Waals surface area contributed by atoms with Gasteiger partial charge in [-0.2, -0.15) is 0 Å². The summed E-state index contributed by atoms with van der Waals surface area (Å²) in [6.45, 7) is 5.70. The molecule has 1 aromatic heterocycles. The number of hydrogen-bond acceptors (Lipinski definition) is 5. The molecule has 0 amide bonds. The largest absolute Gasteiger partial charge is 0.383 e. The third-order valence-corrected chi connectivity index (χ3v) is 6.67. The Morgan fingerprint density at radius 3 is 2.57 bits per heavy atom. The Morgan fingerprint density at radius 1 is 1.07 bits per heavy atom. The standard InChI is InChI=1S/C22H33N5O/c1-18-7-9-19(10-8-18)20(21-23-24-25-27(21)15-16-28-2)26-14-6-13-22(17-26)11-4-3-5-12-22/h7-10,20H,3-6,11-17H2,1-2H3/t20-/m1/s1. The van der Waals surface area contributed by atoms with Gasteiger partial charge >= 0.3 is 0 Å². The third-order valence-electron chi connectivity index (χ3n) is 6.67. The number of rotatable bonds is 6. The molecule has 1 spiro atoms. The van der Waals surface area contributed by atoms with E-state index in [1.54, 1.807) is 7.11 Å². The van der Waals surface area contributed by atoms with E-state index >= 15 is 0 Å². The van der Waals surface area contributed by atoms with Crippen molar-refractivity contribution in [3.8, 4) is 0 Å². The van der Waals surface area contributed by atoms with Gasteiger partial charge in [-0.3, -0.25) is 4.90 Å². The summed E-state index contributed by atoms with van der Waals surface area (Å²) in [6, 6.07) is 9.00. The highest BCUT2D eigenvalue weighted by molar-refractivity contribution is 5.28. The number of hydrogen-bond donors (Lipinski definition) is 0. The molecular formula is C22H33N5O. The molecule has 0 unspecified atom stereocenters. The maximum Gasteiger partial charge on any atom is 0.173 e. The Labute approximate surface area is 168 Å². The molecule has 2 aromatic rings. The van der Waals surface area contributed by atoms with Crippen molar-refractivity contribution in [2.24, 2.45) is 5.41 Å². The van der Waals surface area contributed by atoms with E-state index in [-0.39, 0.29) is 6.04 Å². The summed E-state index contributed by atoms with van der Waals surface area (Å²) in [6.07, 6.45) is 9.56. The van der Waals surface area contributed by atoms with E-state index in [2.05, 4.69) is 51.6 Å². The smallest absolute Gasteiger partial charge is 0.173 e. The fourth-order valence-corrected chi connectivity index (χ4v) is 5.19. The van der Waals surface area contributed by atoms with Crippen LogP contribution in [0.4, 0.5) is 0 Å². The first-order valence-electron chi connectivity index (χ1n) is 10.8. The quantitative estimate of drug-likeness (QED) is 0.760. The summed E-state index contributed by atoms with van der Waals surface area (Å²) in [4.78, 5) is 2.65. The molecule has 1 aliphatic heterocycles. The highest BCUT2D eigenvalue weighted by Crippen LogP contribution is 2.45. The minimum atomic E-state index is 0.103. The Bertz CT molecular complexity index is 745. The van der Waals surface area contributed by atoms with Gasteiger partial charge in [-0.1, -0.05) is 49.1 Å². The average Bonchev–Trinajstić information content (AvgIpc) is 3.17. The average molecular weight is 384 g/mol. The van der Waals surface area contributed by atoms with Gasteiger partial charge in [-0.25, -0.2) is 4.68 Å². The lowest BCUT2D eigenvalue weighted by Crippen LogP contribution is -2.46. The zero-order valence-corrected chi connectivity index (χ0v) is 17.3. The fourth-order valence-electron chi connectivity index (χ4n) is 5.19. The van der Waals surface area contributed by atoms with Gasteiger partial charge in [-0.15, -0.1) is 5.10 Å². The molecule has 152 valence electrons. The van der Waals surface area contributed by atoms with Gasteiger partial charge in [0.05, 0.1) is 19.2 Å². The lowest BCUT2D eigenvalue weighted by Gasteiger charge is -2.47. The summed E-state index contributed by atoms with van der Waals surface area (Å²) in [5.41, 5.74) is 3.06. The van der Waals surface area contributed by atoms with Crippen LogP contribution in [0, 0.1) is 12.3 Å². The number of benzene rings is 1. The van der Waals surface area contributed by atoms with Crippen molar-refractivity contribution in [1.82, 2.24) is 25.1 Å². The van der Waals surface area contributed by atoms with Gasteiger partial charge in [0.15, 0.2) is 5.82 Å². The minimum Gasteiger partial charge on any atom is -0.383 e. The van der Waals surface area contributed by atoms with E-state index in [1.807, 2.05) is 4.68 Å². The zero-order chi connectivity index (χ0) is 19.4. The highest BCUT2D eigenvalue weighted by Gasteiger charge is 2.40.